The number of rotatable bonds is 2. The van der Waals surface area contributed by atoms with E-state index in [2.05, 4.69) is 5.32 Å². The molecule has 82 valence electrons. The van der Waals surface area contributed by atoms with Crippen molar-refractivity contribution in [3.63, 3.8) is 0 Å². The van der Waals surface area contributed by atoms with Gasteiger partial charge in [-0.1, -0.05) is 0 Å². The lowest BCUT2D eigenvalue weighted by Crippen LogP contribution is -2.27. The van der Waals surface area contributed by atoms with Gasteiger partial charge in [0, 0.05) is 25.8 Å². The molecule has 1 aromatic carbocycles. The molecule has 1 rings (SSSR count). The molecule has 0 aromatic heterocycles. The lowest BCUT2D eigenvalue weighted by atomic mass is 10.2. The Morgan fingerprint density at radius 2 is 2.13 bits per heavy atom. The van der Waals surface area contributed by atoms with Crippen molar-refractivity contribution in [2.45, 2.75) is 0 Å². The van der Waals surface area contributed by atoms with E-state index in [-0.39, 0.29) is 6.03 Å². The van der Waals surface area contributed by atoms with Gasteiger partial charge in [0.15, 0.2) is 0 Å². The number of anilines is 2. The average Bonchev–Trinajstić information content (AvgIpc) is 2.20. The molecule has 1 aromatic rings. The molecule has 0 unspecified atom stereocenters. The summed E-state index contributed by atoms with van der Waals surface area (Å²) in [5.41, 5.74) is 6.79. The van der Waals surface area contributed by atoms with Crippen LogP contribution in [0, 0.1) is 0 Å². The first-order valence-corrected chi connectivity index (χ1v) is 4.46. The van der Waals surface area contributed by atoms with E-state index in [1.807, 2.05) is 0 Å². The lowest BCUT2D eigenvalue weighted by molar-refractivity contribution is 0.230. The highest BCUT2D eigenvalue weighted by atomic mass is 16.5. The molecular formula is C10H15N3O2. The van der Waals surface area contributed by atoms with Crippen LogP contribution < -0.4 is 15.8 Å². The summed E-state index contributed by atoms with van der Waals surface area (Å²) in [7, 11) is 4.86. The highest BCUT2D eigenvalue weighted by Gasteiger charge is 2.08. The molecule has 5 heteroatoms. The standard InChI is InChI=1S/C10H15N3O2/c1-13(2)10(14)12-8-5-4-7(11)6-9(8)15-3/h4-6H,11H2,1-3H3,(H,12,14). The monoisotopic (exact) mass is 209 g/mol. The fourth-order valence-corrected chi connectivity index (χ4v) is 1.04. The zero-order valence-corrected chi connectivity index (χ0v) is 9.07. The van der Waals surface area contributed by atoms with Crippen molar-refractivity contribution < 1.29 is 9.53 Å². The van der Waals surface area contributed by atoms with Crippen molar-refractivity contribution in [2.24, 2.45) is 0 Å². The number of urea groups is 1. The molecule has 0 fully saturated rings. The normalized spacial score (nSPS) is 9.53. The number of amides is 2. The second kappa shape index (κ2) is 4.54. The van der Waals surface area contributed by atoms with E-state index in [0.29, 0.717) is 17.1 Å². The number of methoxy groups -OCH3 is 1. The van der Waals surface area contributed by atoms with Crippen molar-refractivity contribution in [1.82, 2.24) is 4.90 Å². The molecule has 0 radical (unpaired) electrons. The Balaban J connectivity index is 2.89. The van der Waals surface area contributed by atoms with Crippen LogP contribution in [-0.4, -0.2) is 32.1 Å². The number of nitrogen functional groups attached to an aromatic ring is 1. The largest absolute Gasteiger partial charge is 0.494 e. The molecule has 0 bridgehead atoms. The first kappa shape index (κ1) is 11.2. The molecule has 0 saturated heterocycles. The number of nitrogens with two attached hydrogens (primary N) is 1. The number of nitrogens with one attached hydrogen (secondary N) is 1. The summed E-state index contributed by atoms with van der Waals surface area (Å²) in [5.74, 6) is 0.546. The van der Waals surface area contributed by atoms with Crippen molar-refractivity contribution in [3.05, 3.63) is 18.2 Å². The van der Waals surface area contributed by atoms with Crippen LogP contribution in [0.4, 0.5) is 16.2 Å². The van der Waals surface area contributed by atoms with E-state index in [4.69, 9.17) is 10.5 Å². The predicted octanol–water partition coefficient (Wildman–Crippen LogP) is 1.37. The van der Waals surface area contributed by atoms with E-state index in [1.54, 1.807) is 32.3 Å². The Kier molecular flexibility index (Phi) is 3.38. The minimum Gasteiger partial charge on any atom is -0.494 e. The second-order valence-corrected chi connectivity index (χ2v) is 3.28. The summed E-state index contributed by atoms with van der Waals surface area (Å²) in [5, 5.41) is 2.69. The minimum absolute atomic E-state index is 0.210. The number of benzene rings is 1. The molecule has 0 spiro atoms. The molecule has 0 aliphatic rings. The van der Waals surface area contributed by atoms with Crippen molar-refractivity contribution >= 4 is 17.4 Å². The van der Waals surface area contributed by atoms with Crippen LogP contribution in [0.2, 0.25) is 0 Å². The average molecular weight is 209 g/mol. The van der Waals surface area contributed by atoms with Gasteiger partial charge in [-0.05, 0) is 12.1 Å². The summed E-state index contributed by atoms with van der Waals surface area (Å²) in [6.45, 7) is 0. The Morgan fingerprint density at radius 3 is 2.67 bits per heavy atom. The minimum atomic E-state index is -0.210. The van der Waals surface area contributed by atoms with Crippen molar-refractivity contribution in [2.75, 3.05) is 32.3 Å². The molecule has 3 N–H and O–H groups in total. The Morgan fingerprint density at radius 1 is 1.47 bits per heavy atom. The molecule has 0 heterocycles. The third-order valence-corrected chi connectivity index (χ3v) is 1.87. The van der Waals surface area contributed by atoms with Gasteiger partial charge in [0.1, 0.15) is 5.75 Å². The maximum Gasteiger partial charge on any atom is 0.321 e. The summed E-state index contributed by atoms with van der Waals surface area (Å²) < 4.78 is 5.09. The van der Waals surface area contributed by atoms with Gasteiger partial charge >= 0.3 is 6.03 Å². The number of carbonyl (C=O) groups excluding carboxylic acids is 1. The second-order valence-electron chi connectivity index (χ2n) is 3.28. The van der Waals surface area contributed by atoms with Gasteiger partial charge < -0.3 is 20.7 Å². The van der Waals surface area contributed by atoms with Gasteiger partial charge in [-0.15, -0.1) is 0 Å². The molecule has 15 heavy (non-hydrogen) atoms. The van der Waals surface area contributed by atoms with E-state index < -0.39 is 0 Å². The molecule has 0 atom stereocenters. The van der Waals surface area contributed by atoms with Gasteiger partial charge in [-0.2, -0.15) is 0 Å². The van der Waals surface area contributed by atoms with Crippen molar-refractivity contribution in [1.29, 1.82) is 0 Å². The predicted molar refractivity (Wildman–Crippen MR) is 60.1 cm³/mol. The zero-order valence-electron chi connectivity index (χ0n) is 9.07. The lowest BCUT2D eigenvalue weighted by Gasteiger charge is -2.14. The highest BCUT2D eigenvalue weighted by Crippen LogP contribution is 2.26. The summed E-state index contributed by atoms with van der Waals surface area (Å²) in [6.07, 6.45) is 0. The molecule has 5 nitrogen and oxygen atoms in total. The van der Waals surface area contributed by atoms with Crippen LogP contribution in [0.25, 0.3) is 0 Å². The van der Waals surface area contributed by atoms with Crippen LogP contribution in [0.3, 0.4) is 0 Å². The molecular weight excluding hydrogens is 194 g/mol. The maximum absolute atomic E-state index is 11.4. The van der Waals surface area contributed by atoms with Gasteiger partial charge in [-0.3, -0.25) is 0 Å². The molecule has 0 aliphatic heterocycles. The van der Waals surface area contributed by atoms with Gasteiger partial charge in [0.05, 0.1) is 12.8 Å². The zero-order chi connectivity index (χ0) is 11.4. The topological polar surface area (TPSA) is 67.6 Å². The van der Waals surface area contributed by atoms with Crippen LogP contribution >= 0.6 is 0 Å². The number of nitrogens with zero attached hydrogens (tertiary/aromatic N) is 1. The SMILES string of the molecule is COc1cc(N)ccc1NC(=O)N(C)C. The first-order chi connectivity index (χ1) is 7.04. The molecule has 0 aliphatic carbocycles. The van der Waals surface area contributed by atoms with Gasteiger partial charge in [-0.25, -0.2) is 4.79 Å². The van der Waals surface area contributed by atoms with Crippen LogP contribution in [0.1, 0.15) is 0 Å². The summed E-state index contributed by atoms with van der Waals surface area (Å²) >= 11 is 0. The fourth-order valence-electron chi connectivity index (χ4n) is 1.04. The third kappa shape index (κ3) is 2.77. The van der Waals surface area contributed by atoms with Crippen LogP contribution in [0.5, 0.6) is 5.75 Å². The Bertz CT molecular complexity index is 364. The maximum atomic E-state index is 11.4. The smallest absolute Gasteiger partial charge is 0.321 e. The Hall–Kier alpha value is -1.91. The van der Waals surface area contributed by atoms with E-state index >= 15 is 0 Å². The molecule has 0 saturated carbocycles. The summed E-state index contributed by atoms with van der Waals surface area (Å²) in [6, 6.07) is 4.85. The molecule has 2 amide bonds. The summed E-state index contributed by atoms with van der Waals surface area (Å²) in [4.78, 5) is 12.8. The van der Waals surface area contributed by atoms with E-state index in [1.165, 1.54) is 12.0 Å². The Labute approximate surface area is 88.8 Å². The quantitative estimate of drug-likeness (QED) is 0.723. The highest BCUT2D eigenvalue weighted by molar-refractivity contribution is 5.91. The fraction of sp³-hybridized carbons (Fsp3) is 0.300. The number of ether oxygens (including phenoxy) is 1. The number of hydrogen-bond donors (Lipinski definition) is 2. The van der Waals surface area contributed by atoms with Crippen LogP contribution in [-0.2, 0) is 0 Å². The van der Waals surface area contributed by atoms with Crippen molar-refractivity contribution in [3.8, 4) is 5.75 Å². The first-order valence-electron chi connectivity index (χ1n) is 4.46. The van der Waals surface area contributed by atoms with Gasteiger partial charge in [0.25, 0.3) is 0 Å². The third-order valence-electron chi connectivity index (χ3n) is 1.87. The van der Waals surface area contributed by atoms with E-state index in [9.17, 15) is 4.79 Å². The van der Waals surface area contributed by atoms with Crippen LogP contribution in [0.15, 0.2) is 18.2 Å². The van der Waals surface area contributed by atoms with E-state index in [0.717, 1.165) is 0 Å². The number of hydrogen-bond acceptors (Lipinski definition) is 3. The number of carbonyl (C=O) groups is 1. The van der Waals surface area contributed by atoms with Gasteiger partial charge in [0.2, 0.25) is 0 Å².